The Balaban J connectivity index is 1.56. The second-order valence-electron chi connectivity index (χ2n) is 7.24. The molecule has 0 aliphatic carbocycles. The molecule has 0 saturated heterocycles. The minimum absolute atomic E-state index is 0.257. The highest BCUT2D eigenvalue weighted by Gasteiger charge is 2.14. The average Bonchev–Trinajstić information content (AvgIpc) is 3.06. The molecule has 1 amide bonds. The number of nitrogens with zero attached hydrogens (tertiary/aromatic N) is 2. The minimum atomic E-state index is -0.257. The van der Waals surface area contributed by atoms with Crippen molar-refractivity contribution in [2.45, 2.75) is 13.8 Å². The quantitative estimate of drug-likeness (QED) is 0.327. The Morgan fingerprint density at radius 3 is 2.58 bits per heavy atom. The number of carbonyl (C=O) groups is 1. The summed E-state index contributed by atoms with van der Waals surface area (Å²) in [6.45, 7) is 3.98. The van der Waals surface area contributed by atoms with Gasteiger partial charge in [-0.05, 0) is 61.0 Å². The first-order valence-corrected chi connectivity index (χ1v) is 10.2. The highest BCUT2D eigenvalue weighted by molar-refractivity contribution is 6.30. The molecule has 0 radical (unpaired) electrons. The molecule has 0 unspecified atom stereocenters. The lowest BCUT2D eigenvalue weighted by Gasteiger charge is -2.14. The van der Waals surface area contributed by atoms with E-state index >= 15 is 0 Å². The summed E-state index contributed by atoms with van der Waals surface area (Å²) in [5.74, 6) is 0.464. The number of hydrogen-bond donors (Lipinski definition) is 1. The van der Waals surface area contributed by atoms with Crippen LogP contribution in [0.25, 0.3) is 16.5 Å². The van der Waals surface area contributed by atoms with E-state index in [1.807, 2.05) is 68.4 Å². The number of hydrogen-bond acceptors (Lipinski definition) is 3. The molecular formula is C25H22ClN3O2. The third-order valence-corrected chi connectivity index (χ3v) is 5.47. The predicted molar refractivity (Wildman–Crippen MR) is 126 cm³/mol. The van der Waals surface area contributed by atoms with Crippen molar-refractivity contribution in [1.29, 1.82) is 0 Å². The van der Waals surface area contributed by atoms with Crippen LogP contribution >= 0.6 is 11.6 Å². The van der Waals surface area contributed by atoms with Crippen LogP contribution in [0.3, 0.4) is 0 Å². The fourth-order valence-corrected chi connectivity index (χ4v) is 3.85. The van der Waals surface area contributed by atoms with Gasteiger partial charge in [0.1, 0.15) is 5.75 Å². The Hall–Kier alpha value is -3.57. The summed E-state index contributed by atoms with van der Waals surface area (Å²) in [5, 5.41) is 6.90. The molecule has 1 N–H and O–H groups in total. The van der Waals surface area contributed by atoms with Gasteiger partial charge in [-0.2, -0.15) is 5.10 Å². The maximum absolute atomic E-state index is 12.5. The number of methoxy groups -OCH3 is 1. The zero-order chi connectivity index (χ0) is 22.0. The van der Waals surface area contributed by atoms with Crippen LogP contribution in [0.15, 0.2) is 71.8 Å². The summed E-state index contributed by atoms with van der Waals surface area (Å²) in [5.41, 5.74) is 6.87. The van der Waals surface area contributed by atoms with Gasteiger partial charge in [0, 0.05) is 27.5 Å². The van der Waals surface area contributed by atoms with E-state index in [0.717, 1.165) is 39.2 Å². The molecule has 0 spiro atoms. The first kappa shape index (κ1) is 20.7. The van der Waals surface area contributed by atoms with Gasteiger partial charge in [0.25, 0.3) is 5.91 Å². The van der Waals surface area contributed by atoms with E-state index in [2.05, 4.69) is 15.1 Å². The van der Waals surface area contributed by atoms with Crippen LogP contribution in [0.5, 0.6) is 5.75 Å². The number of aryl methyl sites for hydroxylation is 1. The van der Waals surface area contributed by atoms with Crippen LogP contribution in [0.1, 0.15) is 27.3 Å². The lowest BCUT2D eigenvalue weighted by atomic mass is 10.1. The van der Waals surface area contributed by atoms with E-state index in [0.29, 0.717) is 10.6 Å². The molecule has 0 atom stereocenters. The summed E-state index contributed by atoms with van der Waals surface area (Å²) in [6, 6.07) is 21.0. The van der Waals surface area contributed by atoms with Crippen molar-refractivity contribution in [3.63, 3.8) is 0 Å². The van der Waals surface area contributed by atoms with Gasteiger partial charge in [0.2, 0.25) is 0 Å². The van der Waals surface area contributed by atoms with E-state index in [1.54, 1.807) is 25.5 Å². The fraction of sp³-hybridized carbons (Fsp3) is 0.120. The molecule has 1 aromatic heterocycles. The van der Waals surface area contributed by atoms with E-state index < -0.39 is 0 Å². The Bertz CT molecular complexity index is 1310. The van der Waals surface area contributed by atoms with E-state index in [9.17, 15) is 4.79 Å². The van der Waals surface area contributed by atoms with Gasteiger partial charge in [-0.3, -0.25) is 4.79 Å². The number of aromatic nitrogens is 1. The maximum Gasteiger partial charge on any atom is 0.271 e. The smallest absolute Gasteiger partial charge is 0.271 e. The highest BCUT2D eigenvalue weighted by Crippen LogP contribution is 2.30. The number of hydrazone groups is 1. The van der Waals surface area contributed by atoms with Crippen LogP contribution in [0.4, 0.5) is 0 Å². The van der Waals surface area contributed by atoms with E-state index in [-0.39, 0.29) is 5.91 Å². The molecule has 0 bridgehead atoms. The number of halogens is 1. The number of fused-ring (bicyclic) bond motifs is 1. The number of carbonyl (C=O) groups excluding carboxylic acids is 1. The molecule has 0 fully saturated rings. The molecule has 4 aromatic rings. The minimum Gasteiger partial charge on any atom is -0.495 e. The monoisotopic (exact) mass is 431 g/mol. The molecule has 6 heteroatoms. The normalized spacial score (nSPS) is 11.2. The Kier molecular flexibility index (Phi) is 5.78. The number of ether oxygens (including phenoxy) is 1. The number of amides is 1. The Morgan fingerprint density at radius 1 is 1.03 bits per heavy atom. The van der Waals surface area contributed by atoms with Crippen LogP contribution < -0.4 is 10.2 Å². The molecule has 5 nitrogen and oxygen atoms in total. The van der Waals surface area contributed by atoms with E-state index in [4.69, 9.17) is 16.3 Å². The van der Waals surface area contributed by atoms with Gasteiger partial charge < -0.3 is 9.30 Å². The maximum atomic E-state index is 12.5. The van der Waals surface area contributed by atoms with Gasteiger partial charge in [0.05, 0.1) is 19.0 Å². The van der Waals surface area contributed by atoms with Gasteiger partial charge in [-0.1, -0.05) is 41.9 Å². The summed E-state index contributed by atoms with van der Waals surface area (Å²) < 4.78 is 7.55. The van der Waals surface area contributed by atoms with Crippen molar-refractivity contribution in [2.24, 2.45) is 5.10 Å². The van der Waals surface area contributed by atoms with Crippen molar-refractivity contribution >= 4 is 34.5 Å². The predicted octanol–water partition coefficient (Wildman–Crippen LogP) is 5.67. The van der Waals surface area contributed by atoms with Crippen LogP contribution in [-0.4, -0.2) is 23.8 Å². The van der Waals surface area contributed by atoms with Crippen molar-refractivity contribution in [3.05, 3.63) is 94.3 Å². The van der Waals surface area contributed by atoms with Crippen molar-refractivity contribution in [3.8, 4) is 11.4 Å². The van der Waals surface area contributed by atoms with Crippen molar-refractivity contribution < 1.29 is 9.53 Å². The molecule has 3 aromatic carbocycles. The van der Waals surface area contributed by atoms with Gasteiger partial charge >= 0.3 is 0 Å². The molecule has 1 heterocycles. The molecule has 156 valence electrons. The molecule has 0 saturated carbocycles. The summed E-state index contributed by atoms with van der Waals surface area (Å²) in [7, 11) is 1.63. The highest BCUT2D eigenvalue weighted by atomic mass is 35.5. The average molecular weight is 432 g/mol. The van der Waals surface area contributed by atoms with Crippen LogP contribution in [-0.2, 0) is 0 Å². The second-order valence-corrected chi connectivity index (χ2v) is 7.68. The van der Waals surface area contributed by atoms with Crippen molar-refractivity contribution in [1.82, 2.24) is 9.99 Å². The topological polar surface area (TPSA) is 55.6 Å². The fourth-order valence-electron chi connectivity index (χ4n) is 3.68. The van der Waals surface area contributed by atoms with Crippen molar-refractivity contribution in [2.75, 3.05) is 7.11 Å². The second kappa shape index (κ2) is 8.66. The largest absolute Gasteiger partial charge is 0.495 e. The summed E-state index contributed by atoms with van der Waals surface area (Å²) in [6.07, 6.45) is 1.65. The molecular weight excluding hydrogens is 410 g/mol. The van der Waals surface area contributed by atoms with Gasteiger partial charge in [-0.25, -0.2) is 5.43 Å². The Labute approximate surface area is 185 Å². The summed E-state index contributed by atoms with van der Waals surface area (Å²) in [4.78, 5) is 12.5. The van der Waals surface area contributed by atoms with Gasteiger partial charge in [-0.15, -0.1) is 0 Å². The third kappa shape index (κ3) is 4.18. The standard InChI is InChI=1S/C25H22ClN3O2/c1-16-12-21(17(2)29(16)23-14-22(26)10-11-24(23)31-3)15-27-28-25(30)20-9-8-18-6-4-5-7-19(18)13-20/h4-15H,1-3H3,(H,28,30)/b27-15+. The molecule has 31 heavy (non-hydrogen) atoms. The number of benzene rings is 3. The third-order valence-electron chi connectivity index (χ3n) is 5.23. The lowest BCUT2D eigenvalue weighted by molar-refractivity contribution is 0.0955. The summed E-state index contributed by atoms with van der Waals surface area (Å²) >= 11 is 6.21. The van der Waals surface area contributed by atoms with Gasteiger partial charge in [0.15, 0.2) is 0 Å². The number of nitrogens with one attached hydrogen (secondary N) is 1. The molecule has 4 rings (SSSR count). The zero-order valence-electron chi connectivity index (χ0n) is 17.5. The SMILES string of the molecule is COc1ccc(Cl)cc1-n1c(C)cc(/C=N/NC(=O)c2ccc3ccccc3c2)c1C. The number of rotatable bonds is 5. The molecule has 0 aliphatic rings. The zero-order valence-corrected chi connectivity index (χ0v) is 18.3. The van der Waals surface area contributed by atoms with Crippen LogP contribution in [0, 0.1) is 13.8 Å². The van der Waals surface area contributed by atoms with Crippen LogP contribution in [0.2, 0.25) is 5.02 Å². The van der Waals surface area contributed by atoms with E-state index in [1.165, 1.54) is 0 Å². The Morgan fingerprint density at radius 2 is 1.81 bits per heavy atom. The first-order valence-electron chi connectivity index (χ1n) is 9.83. The molecule has 0 aliphatic heterocycles. The first-order chi connectivity index (χ1) is 15.0. The lowest BCUT2D eigenvalue weighted by Crippen LogP contribution is -2.17.